The molecule has 0 saturated heterocycles. The number of rotatable bonds is 2. The fraction of sp³-hybridized carbons (Fsp3) is 0.0625. The molecular weight excluding hydrogens is 208 g/mol. The Hall–Kier alpha value is -2.33. The maximum atomic E-state index is 12.2. The van der Waals surface area contributed by atoms with Gasteiger partial charge in [0.1, 0.15) is 0 Å². The van der Waals surface area contributed by atoms with E-state index in [2.05, 4.69) is 5.92 Å². The molecule has 0 unspecified atom stereocenters. The van der Waals surface area contributed by atoms with Crippen molar-refractivity contribution in [2.45, 2.75) is 6.92 Å². The highest BCUT2D eigenvalue weighted by atomic mass is 16.1. The van der Waals surface area contributed by atoms with Crippen LogP contribution in [0.15, 0.2) is 48.5 Å². The standard InChI is InChI=1S/C16H12O/c1-3-13-8-10-14(11-9-13)16(17)15-7-5-4-6-12(15)2/h1,4-11H,2H3. The average Bonchev–Trinajstić information content (AvgIpc) is 2.39. The summed E-state index contributed by atoms with van der Waals surface area (Å²) in [7, 11) is 0. The summed E-state index contributed by atoms with van der Waals surface area (Å²) < 4.78 is 0. The minimum absolute atomic E-state index is 0.0340. The van der Waals surface area contributed by atoms with E-state index in [1.807, 2.05) is 31.2 Å². The van der Waals surface area contributed by atoms with E-state index < -0.39 is 0 Å². The van der Waals surface area contributed by atoms with Crippen molar-refractivity contribution in [3.05, 3.63) is 70.8 Å². The Bertz CT molecular complexity index is 586. The second kappa shape index (κ2) is 4.67. The van der Waals surface area contributed by atoms with Crippen LogP contribution in [-0.4, -0.2) is 5.78 Å². The van der Waals surface area contributed by atoms with Crippen LogP contribution in [0, 0.1) is 19.3 Å². The lowest BCUT2D eigenvalue weighted by Crippen LogP contribution is -2.03. The van der Waals surface area contributed by atoms with E-state index in [4.69, 9.17) is 6.42 Å². The predicted octanol–water partition coefficient (Wildman–Crippen LogP) is 3.21. The molecule has 1 nitrogen and oxygen atoms in total. The third kappa shape index (κ3) is 2.26. The highest BCUT2D eigenvalue weighted by Gasteiger charge is 2.10. The molecule has 0 heterocycles. The minimum Gasteiger partial charge on any atom is -0.289 e. The van der Waals surface area contributed by atoms with E-state index in [1.165, 1.54) is 0 Å². The SMILES string of the molecule is C#Cc1ccc(C(=O)c2ccccc2C)cc1. The van der Waals surface area contributed by atoms with Crippen LogP contribution in [0.2, 0.25) is 0 Å². The summed E-state index contributed by atoms with van der Waals surface area (Å²) >= 11 is 0. The van der Waals surface area contributed by atoms with E-state index in [1.54, 1.807) is 24.3 Å². The largest absolute Gasteiger partial charge is 0.289 e. The number of terminal acetylenes is 1. The summed E-state index contributed by atoms with van der Waals surface area (Å²) in [6.45, 7) is 1.93. The van der Waals surface area contributed by atoms with Crippen LogP contribution in [0.3, 0.4) is 0 Å². The van der Waals surface area contributed by atoms with Crippen LogP contribution >= 0.6 is 0 Å². The van der Waals surface area contributed by atoms with Crippen molar-refractivity contribution in [1.29, 1.82) is 0 Å². The average molecular weight is 220 g/mol. The first-order chi connectivity index (χ1) is 8.22. The van der Waals surface area contributed by atoms with Gasteiger partial charge in [0.25, 0.3) is 0 Å². The number of hydrogen-bond donors (Lipinski definition) is 0. The van der Waals surface area contributed by atoms with Crippen molar-refractivity contribution in [2.75, 3.05) is 0 Å². The van der Waals surface area contributed by atoms with Gasteiger partial charge in [0.05, 0.1) is 0 Å². The Kier molecular flexibility index (Phi) is 3.07. The van der Waals surface area contributed by atoms with Gasteiger partial charge in [-0.3, -0.25) is 4.79 Å². The van der Waals surface area contributed by atoms with E-state index in [0.29, 0.717) is 5.56 Å². The van der Waals surface area contributed by atoms with Crippen LogP contribution in [0.25, 0.3) is 0 Å². The molecule has 0 aliphatic heterocycles. The summed E-state index contributed by atoms with van der Waals surface area (Å²) in [5.74, 6) is 2.57. The summed E-state index contributed by atoms with van der Waals surface area (Å²) in [5, 5.41) is 0. The topological polar surface area (TPSA) is 17.1 Å². The maximum absolute atomic E-state index is 12.2. The first-order valence-electron chi connectivity index (χ1n) is 5.39. The van der Waals surface area contributed by atoms with Crippen molar-refractivity contribution >= 4 is 5.78 Å². The quantitative estimate of drug-likeness (QED) is 0.561. The van der Waals surface area contributed by atoms with Crippen molar-refractivity contribution in [2.24, 2.45) is 0 Å². The van der Waals surface area contributed by atoms with Gasteiger partial charge < -0.3 is 0 Å². The van der Waals surface area contributed by atoms with Crippen LogP contribution in [-0.2, 0) is 0 Å². The zero-order valence-corrected chi connectivity index (χ0v) is 9.60. The van der Waals surface area contributed by atoms with E-state index in [-0.39, 0.29) is 5.78 Å². The third-order valence-electron chi connectivity index (χ3n) is 2.70. The van der Waals surface area contributed by atoms with Gasteiger partial charge in [0, 0.05) is 16.7 Å². The molecule has 0 aromatic heterocycles. The van der Waals surface area contributed by atoms with E-state index in [0.717, 1.165) is 16.7 Å². The highest BCUT2D eigenvalue weighted by Crippen LogP contribution is 2.14. The van der Waals surface area contributed by atoms with Crippen molar-refractivity contribution < 1.29 is 4.79 Å². The molecule has 0 aliphatic rings. The fourth-order valence-electron chi connectivity index (χ4n) is 1.70. The van der Waals surface area contributed by atoms with Crippen LogP contribution in [0.5, 0.6) is 0 Å². The molecule has 2 aromatic rings. The Morgan fingerprint density at radius 3 is 2.29 bits per heavy atom. The van der Waals surface area contributed by atoms with Crippen molar-refractivity contribution in [1.82, 2.24) is 0 Å². The summed E-state index contributed by atoms with van der Waals surface area (Å²) in [6, 6.07) is 14.7. The van der Waals surface area contributed by atoms with Gasteiger partial charge in [0.2, 0.25) is 0 Å². The normalized spacial score (nSPS) is 9.65. The number of aryl methyl sites for hydroxylation is 1. The molecule has 0 fully saturated rings. The predicted molar refractivity (Wildman–Crippen MR) is 69.0 cm³/mol. The molecule has 0 spiro atoms. The summed E-state index contributed by atoms with van der Waals surface area (Å²) in [6.07, 6.45) is 5.28. The lowest BCUT2D eigenvalue weighted by atomic mass is 9.98. The Morgan fingerprint density at radius 2 is 1.71 bits per heavy atom. The molecule has 82 valence electrons. The Morgan fingerprint density at radius 1 is 1.06 bits per heavy atom. The Labute approximate surface area is 101 Å². The number of hydrogen-bond acceptors (Lipinski definition) is 1. The lowest BCUT2D eigenvalue weighted by Gasteiger charge is -2.04. The molecule has 0 amide bonds. The summed E-state index contributed by atoms with van der Waals surface area (Å²) in [4.78, 5) is 12.2. The smallest absolute Gasteiger partial charge is 0.193 e. The van der Waals surface area contributed by atoms with Gasteiger partial charge in [0.15, 0.2) is 5.78 Å². The number of ketones is 1. The van der Waals surface area contributed by atoms with Crippen LogP contribution in [0.4, 0.5) is 0 Å². The molecular formula is C16H12O. The fourth-order valence-corrected chi connectivity index (χ4v) is 1.70. The van der Waals surface area contributed by atoms with Gasteiger partial charge in [-0.05, 0) is 36.8 Å². The monoisotopic (exact) mass is 220 g/mol. The zero-order chi connectivity index (χ0) is 12.3. The lowest BCUT2D eigenvalue weighted by molar-refractivity contribution is 0.103. The van der Waals surface area contributed by atoms with Crippen LogP contribution in [0.1, 0.15) is 27.0 Å². The molecule has 2 rings (SSSR count). The van der Waals surface area contributed by atoms with E-state index in [9.17, 15) is 4.79 Å². The highest BCUT2D eigenvalue weighted by molar-refractivity contribution is 6.09. The molecule has 0 aliphatic carbocycles. The molecule has 0 saturated carbocycles. The molecule has 0 bridgehead atoms. The summed E-state index contributed by atoms with van der Waals surface area (Å²) in [5.41, 5.74) is 3.17. The maximum Gasteiger partial charge on any atom is 0.193 e. The molecule has 0 atom stereocenters. The van der Waals surface area contributed by atoms with Crippen molar-refractivity contribution in [3.8, 4) is 12.3 Å². The number of benzene rings is 2. The van der Waals surface area contributed by atoms with Gasteiger partial charge >= 0.3 is 0 Å². The number of carbonyl (C=O) groups excluding carboxylic acids is 1. The van der Waals surface area contributed by atoms with Gasteiger partial charge in [-0.25, -0.2) is 0 Å². The Balaban J connectivity index is 2.38. The second-order valence-corrected chi connectivity index (χ2v) is 3.87. The molecule has 2 aromatic carbocycles. The van der Waals surface area contributed by atoms with E-state index >= 15 is 0 Å². The third-order valence-corrected chi connectivity index (χ3v) is 2.70. The van der Waals surface area contributed by atoms with Crippen molar-refractivity contribution in [3.63, 3.8) is 0 Å². The van der Waals surface area contributed by atoms with Gasteiger partial charge in [-0.2, -0.15) is 0 Å². The molecule has 17 heavy (non-hydrogen) atoms. The van der Waals surface area contributed by atoms with Gasteiger partial charge in [-0.1, -0.05) is 30.2 Å². The second-order valence-electron chi connectivity index (χ2n) is 3.87. The van der Waals surface area contributed by atoms with Gasteiger partial charge in [-0.15, -0.1) is 6.42 Å². The molecule has 0 N–H and O–H groups in total. The zero-order valence-electron chi connectivity index (χ0n) is 9.60. The van der Waals surface area contributed by atoms with Crippen LogP contribution < -0.4 is 0 Å². The molecule has 0 radical (unpaired) electrons. The molecule has 1 heteroatoms. The minimum atomic E-state index is 0.0340. The first-order valence-corrected chi connectivity index (χ1v) is 5.39. The number of carbonyl (C=O) groups is 1. The first kappa shape index (κ1) is 11.2.